The van der Waals surface area contributed by atoms with Crippen LogP contribution in [0.1, 0.15) is 60.8 Å². The van der Waals surface area contributed by atoms with E-state index in [0.29, 0.717) is 18.1 Å². The Balaban J connectivity index is 2.00. The molecule has 168 valence electrons. The lowest BCUT2D eigenvalue weighted by atomic mass is 9.88. The third kappa shape index (κ3) is 4.89. The first-order valence-corrected chi connectivity index (χ1v) is 11.3. The third-order valence-corrected chi connectivity index (χ3v) is 5.69. The van der Waals surface area contributed by atoms with E-state index in [2.05, 4.69) is 32.9 Å². The zero-order valence-electron chi connectivity index (χ0n) is 18.7. The number of furan rings is 1. The van der Waals surface area contributed by atoms with E-state index < -0.39 is 17.0 Å². The maximum atomic E-state index is 12.4. The summed E-state index contributed by atoms with van der Waals surface area (Å²) in [5.41, 5.74) is 1.62. The fraction of sp³-hybridized carbons (Fsp3) is 0.381. The second-order valence-corrected chi connectivity index (χ2v) is 8.77. The largest absolute Gasteiger partial charge is 0.548 e. The molecule has 0 fully saturated rings. The van der Waals surface area contributed by atoms with Gasteiger partial charge in [-0.1, -0.05) is 32.3 Å². The van der Waals surface area contributed by atoms with Gasteiger partial charge in [-0.15, -0.1) is 4.37 Å². The maximum Gasteiger partial charge on any atom is 0.256 e. The number of carbonyl (C=O) groups is 1. The summed E-state index contributed by atoms with van der Waals surface area (Å²) in [6.45, 7) is 6.12. The number of rotatable bonds is 7. The summed E-state index contributed by atoms with van der Waals surface area (Å²) in [6.07, 6.45) is 2.36. The minimum atomic E-state index is -1.73. The smallest absolute Gasteiger partial charge is 0.256 e. The highest BCUT2D eigenvalue weighted by atomic mass is 32.2. The van der Waals surface area contributed by atoms with Gasteiger partial charge < -0.3 is 24.3 Å². The lowest BCUT2D eigenvalue weighted by Crippen LogP contribution is -2.28. The second kappa shape index (κ2) is 9.62. The Hall–Kier alpha value is -3.05. The molecular formula is C21H26BN5O4S. The van der Waals surface area contributed by atoms with Crippen molar-refractivity contribution in [2.24, 2.45) is 4.99 Å². The Morgan fingerprint density at radius 2 is 2.16 bits per heavy atom. The molecule has 0 spiro atoms. The Morgan fingerprint density at radius 3 is 2.75 bits per heavy atom. The predicted molar refractivity (Wildman–Crippen MR) is 123 cm³/mol. The molecule has 0 saturated heterocycles. The van der Waals surface area contributed by atoms with Crippen LogP contribution in [0.4, 0.5) is 11.5 Å². The van der Waals surface area contributed by atoms with Gasteiger partial charge in [0, 0.05) is 18.5 Å². The van der Waals surface area contributed by atoms with Crippen LogP contribution >= 0.6 is 11.1 Å². The van der Waals surface area contributed by atoms with Gasteiger partial charge in [0.2, 0.25) is 11.3 Å². The van der Waals surface area contributed by atoms with Gasteiger partial charge in [-0.3, -0.25) is 4.79 Å². The Bertz CT molecular complexity index is 1180. The summed E-state index contributed by atoms with van der Waals surface area (Å²) >= 11 is -1.73. The van der Waals surface area contributed by atoms with E-state index in [9.17, 15) is 14.5 Å². The number of amides is 1. The molecule has 2 heterocycles. The number of nitrogens with one attached hydrogen (secondary N) is 2. The number of phenols is 1. The second-order valence-electron chi connectivity index (χ2n) is 7.88. The number of anilines is 2. The van der Waals surface area contributed by atoms with E-state index in [0.717, 1.165) is 5.56 Å². The molecule has 32 heavy (non-hydrogen) atoms. The molecule has 1 aromatic carbocycles. The standard InChI is InChI=1S/C21H26BN5O4S/c1-6-14(16-9-12(10-31-16)11(2)3)23-19-20(26-32(30)25-19)24-15-8-7-13(22)17(18(15)28)21(29)27(4)5/h7-11,14,28H,6H2,1-5H3,(H,23,25)(H,24,26)/t14-,32?/m1/s1. The number of aromatic amines is 1. The normalized spacial score (nSPS) is 13.5. The Kier molecular flexibility index (Phi) is 7.10. The fourth-order valence-electron chi connectivity index (χ4n) is 3.09. The van der Waals surface area contributed by atoms with Crippen LogP contribution in [0.25, 0.3) is 0 Å². The van der Waals surface area contributed by atoms with Gasteiger partial charge in [0.1, 0.15) is 19.6 Å². The van der Waals surface area contributed by atoms with Crippen LogP contribution in [-0.2, 0) is 0 Å². The van der Waals surface area contributed by atoms with E-state index in [4.69, 9.17) is 12.3 Å². The van der Waals surface area contributed by atoms with Crippen LogP contribution in [-0.4, -0.2) is 51.2 Å². The molecule has 1 amide bonds. The van der Waals surface area contributed by atoms with E-state index in [1.807, 2.05) is 13.0 Å². The number of carbonyl (C=O) groups excluding carboxylic acids is 1. The molecule has 3 aromatic rings. The summed E-state index contributed by atoms with van der Waals surface area (Å²) < 4.78 is 24.5. The van der Waals surface area contributed by atoms with Gasteiger partial charge in [-0.25, -0.2) is 4.99 Å². The van der Waals surface area contributed by atoms with Crippen molar-refractivity contribution < 1.29 is 18.9 Å². The van der Waals surface area contributed by atoms with Gasteiger partial charge in [-0.05, 0) is 30.0 Å². The van der Waals surface area contributed by atoms with Crippen molar-refractivity contribution >= 4 is 41.9 Å². The van der Waals surface area contributed by atoms with Crippen molar-refractivity contribution in [3.05, 3.63) is 46.8 Å². The molecule has 0 aliphatic rings. The number of nitrogens with zero attached hydrogens (tertiary/aromatic N) is 3. The number of benzene rings is 1. The van der Waals surface area contributed by atoms with Gasteiger partial charge >= 0.3 is 0 Å². The first kappa shape index (κ1) is 23.6. The van der Waals surface area contributed by atoms with Crippen molar-refractivity contribution in [2.75, 3.05) is 19.4 Å². The first-order chi connectivity index (χ1) is 15.1. The van der Waals surface area contributed by atoms with E-state index in [-0.39, 0.29) is 39.8 Å². The van der Waals surface area contributed by atoms with Gasteiger partial charge in [0.15, 0.2) is 16.9 Å². The van der Waals surface area contributed by atoms with Crippen LogP contribution < -0.4 is 16.3 Å². The first-order valence-electron chi connectivity index (χ1n) is 10.2. The average molecular weight is 455 g/mol. The zero-order chi connectivity index (χ0) is 23.6. The van der Waals surface area contributed by atoms with Gasteiger partial charge in [0.05, 0.1) is 17.5 Å². The number of phenolic OH excluding ortho intramolecular Hbond substituents is 1. The van der Waals surface area contributed by atoms with Gasteiger partial charge in [-0.2, -0.15) is 0 Å². The fourth-order valence-corrected chi connectivity index (χ4v) is 3.75. The molecule has 0 saturated carbocycles. The topological polar surface area (TPSA) is 130 Å². The highest BCUT2D eigenvalue weighted by Crippen LogP contribution is 2.30. The number of aromatic hydroxyl groups is 1. The molecule has 0 aliphatic heterocycles. The van der Waals surface area contributed by atoms with Crippen LogP contribution in [0.3, 0.4) is 0 Å². The zero-order valence-corrected chi connectivity index (χ0v) is 19.5. The van der Waals surface area contributed by atoms with Crippen molar-refractivity contribution in [2.45, 2.75) is 39.2 Å². The molecular weight excluding hydrogens is 429 g/mol. The maximum absolute atomic E-state index is 12.4. The molecule has 11 heteroatoms. The van der Waals surface area contributed by atoms with Crippen LogP contribution in [0.15, 0.2) is 33.9 Å². The van der Waals surface area contributed by atoms with E-state index >= 15 is 0 Å². The van der Waals surface area contributed by atoms with E-state index in [1.54, 1.807) is 20.4 Å². The number of H-pyrrole nitrogens is 1. The molecule has 3 rings (SSSR count). The number of hydrogen-bond acceptors (Lipinski definition) is 7. The summed E-state index contributed by atoms with van der Waals surface area (Å²) in [7, 11) is 9.02. The molecule has 2 aromatic heterocycles. The van der Waals surface area contributed by atoms with Crippen molar-refractivity contribution in [3.8, 4) is 5.75 Å². The van der Waals surface area contributed by atoms with Crippen molar-refractivity contribution in [3.63, 3.8) is 0 Å². The quantitative estimate of drug-likeness (QED) is 0.285. The lowest BCUT2D eigenvalue weighted by Gasteiger charge is -2.16. The van der Waals surface area contributed by atoms with Crippen LogP contribution in [0, 0.1) is 0 Å². The minimum absolute atomic E-state index is 0.0330. The van der Waals surface area contributed by atoms with E-state index in [1.165, 1.54) is 17.0 Å². The molecule has 3 N–H and O–H groups in total. The summed E-state index contributed by atoms with van der Waals surface area (Å²) in [5, 5.41) is 13.6. The highest BCUT2D eigenvalue weighted by Gasteiger charge is 2.21. The third-order valence-electron chi connectivity index (χ3n) is 4.97. The number of aromatic nitrogens is 2. The Labute approximate surface area is 190 Å². The lowest BCUT2D eigenvalue weighted by molar-refractivity contribution is 0.0826. The molecule has 0 bridgehead atoms. The van der Waals surface area contributed by atoms with Crippen molar-refractivity contribution in [1.29, 1.82) is 0 Å². The summed E-state index contributed by atoms with van der Waals surface area (Å²) in [4.78, 5) is 18.4. The van der Waals surface area contributed by atoms with Crippen LogP contribution in [0.2, 0.25) is 0 Å². The average Bonchev–Trinajstić information content (AvgIpc) is 3.35. The molecule has 0 aliphatic carbocycles. The monoisotopic (exact) mass is 455 g/mol. The van der Waals surface area contributed by atoms with Crippen LogP contribution in [0.5, 0.6) is 5.75 Å². The highest BCUT2D eigenvalue weighted by molar-refractivity contribution is 7.13. The SMILES string of the molecule is [B]c1ccc(Nc2n[s+]([O-])[nH]c2=N[C@H](CC)c2cc(C(C)C)co2)c(O)c1C(=O)N(C)C. The Morgan fingerprint density at radius 1 is 1.44 bits per heavy atom. The summed E-state index contributed by atoms with van der Waals surface area (Å²) in [6, 6.07) is 4.65. The predicted octanol–water partition coefficient (Wildman–Crippen LogP) is 2.85. The van der Waals surface area contributed by atoms with Gasteiger partial charge in [0.25, 0.3) is 5.91 Å². The van der Waals surface area contributed by atoms with Crippen molar-refractivity contribution in [1.82, 2.24) is 13.6 Å². The molecule has 2 radical (unpaired) electrons. The summed E-state index contributed by atoms with van der Waals surface area (Å²) in [5.74, 6) is 0.402. The molecule has 9 nitrogen and oxygen atoms in total. The number of hydrogen-bond donors (Lipinski definition) is 3. The minimum Gasteiger partial charge on any atom is -0.548 e. The molecule has 1 unspecified atom stereocenters. The molecule has 2 atom stereocenters.